The van der Waals surface area contributed by atoms with Gasteiger partial charge >= 0.3 is 11.9 Å². The van der Waals surface area contributed by atoms with E-state index in [9.17, 15) is 9.59 Å². The largest absolute Gasteiger partial charge is 0.460 e. The van der Waals surface area contributed by atoms with Crippen molar-refractivity contribution < 1.29 is 33.3 Å². The van der Waals surface area contributed by atoms with Crippen molar-refractivity contribution in [2.45, 2.75) is 108 Å². The Morgan fingerprint density at radius 3 is 2.24 bits per heavy atom. The van der Waals surface area contributed by atoms with Crippen molar-refractivity contribution in [3.63, 3.8) is 0 Å². The van der Waals surface area contributed by atoms with Gasteiger partial charge in [-0.1, -0.05) is 25.8 Å². The van der Waals surface area contributed by atoms with Gasteiger partial charge in [-0.3, -0.25) is 0 Å². The van der Waals surface area contributed by atoms with Crippen LogP contribution in [0, 0.1) is 11.8 Å². The minimum Gasteiger partial charge on any atom is -0.460 e. The van der Waals surface area contributed by atoms with E-state index in [2.05, 4.69) is 6.58 Å². The van der Waals surface area contributed by atoms with Gasteiger partial charge in [0.2, 0.25) is 6.29 Å². The number of rotatable bonds is 11. The van der Waals surface area contributed by atoms with Crippen LogP contribution >= 0.6 is 0 Å². The van der Waals surface area contributed by atoms with E-state index in [-0.39, 0.29) is 42.5 Å². The normalized spacial score (nSPS) is 34.1. The number of hydrogen-bond donors (Lipinski definition) is 0. The summed E-state index contributed by atoms with van der Waals surface area (Å²) in [6.45, 7) is 7.57. The van der Waals surface area contributed by atoms with Crippen LogP contribution in [0.4, 0.5) is 0 Å². The van der Waals surface area contributed by atoms with Crippen molar-refractivity contribution in [2.24, 2.45) is 11.8 Å². The monoisotopic (exact) mass is 464 g/mol. The second kappa shape index (κ2) is 10.4. The predicted octanol–water partition coefficient (Wildman–Crippen LogP) is 4.47. The van der Waals surface area contributed by atoms with Gasteiger partial charge in [0.15, 0.2) is 0 Å². The van der Waals surface area contributed by atoms with Crippen molar-refractivity contribution in [1.82, 2.24) is 0 Å². The van der Waals surface area contributed by atoms with Crippen LogP contribution in [0.3, 0.4) is 0 Å². The number of carbonyl (C=O) groups excluding carboxylic acids is 2. The molecule has 0 aromatic rings. The Morgan fingerprint density at radius 1 is 0.970 bits per heavy atom. The highest BCUT2D eigenvalue weighted by molar-refractivity contribution is 5.86. The first-order valence-electron chi connectivity index (χ1n) is 12.7. The fourth-order valence-electron chi connectivity index (χ4n) is 6.88. The molecule has 4 bridgehead atoms. The third-order valence-corrected chi connectivity index (χ3v) is 7.76. The van der Waals surface area contributed by atoms with Crippen molar-refractivity contribution >= 4 is 11.9 Å². The molecule has 0 N–H and O–H groups in total. The van der Waals surface area contributed by atoms with Crippen LogP contribution < -0.4 is 0 Å². The summed E-state index contributed by atoms with van der Waals surface area (Å²) in [6, 6.07) is 0. The van der Waals surface area contributed by atoms with E-state index in [1.54, 1.807) is 13.8 Å². The summed E-state index contributed by atoms with van der Waals surface area (Å²) in [7, 11) is 0. The summed E-state index contributed by atoms with van der Waals surface area (Å²) in [5.74, 6) is 0.349. The third-order valence-electron chi connectivity index (χ3n) is 7.76. The van der Waals surface area contributed by atoms with E-state index in [1.165, 1.54) is 25.7 Å². The Labute approximate surface area is 197 Å². The maximum absolute atomic E-state index is 12.5. The predicted molar refractivity (Wildman–Crippen MR) is 121 cm³/mol. The molecule has 5 saturated carbocycles. The summed E-state index contributed by atoms with van der Waals surface area (Å²) in [6.07, 6.45) is 11.3. The van der Waals surface area contributed by atoms with Gasteiger partial charge < -0.3 is 23.7 Å². The Kier molecular flexibility index (Phi) is 7.81. The molecule has 0 radical (unpaired) electrons. The van der Waals surface area contributed by atoms with Crippen LogP contribution in [-0.2, 0) is 33.3 Å². The van der Waals surface area contributed by atoms with Crippen molar-refractivity contribution in [1.29, 1.82) is 0 Å². The molecule has 0 aromatic heterocycles. The number of ether oxygens (including phenoxy) is 5. The minimum absolute atomic E-state index is 0.0515. The third kappa shape index (κ3) is 6.37. The average molecular weight is 465 g/mol. The standard InChI is InChI=1S/C26H40O7/c1-18(2)24(28)29-9-10-30-25-12-20-11-21(13-25)15-26(14-20,17-25)31-16-23(27)33-19(3)32-22-7-5-4-6-8-22/h19-22H,1,4-17H2,2-3H3. The van der Waals surface area contributed by atoms with Crippen molar-refractivity contribution in [3.8, 4) is 0 Å². The molecule has 7 heteroatoms. The molecule has 0 amide bonds. The maximum Gasteiger partial charge on any atom is 0.334 e. The van der Waals surface area contributed by atoms with Gasteiger partial charge in [0, 0.05) is 12.0 Å². The lowest BCUT2D eigenvalue weighted by atomic mass is 9.52. The molecule has 186 valence electrons. The Balaban J connectivity index is 1.25. The van der Waals surface area contributed by atoms with Crippen molar-refractivity contribution in [3.05, 3.63) is 12.2 Å². The molecule has 0 aromatic carbocycles. The zero-order valence-corrected chi connectivity index (χ0v) is 20.3. The second-order valence-electron chi connectivity index (χ2n) is 10.8. The van der Waals surface area contributed by atoms with Crippen LogP contribution in [-0.4, -0.2) is 55.4 Å². The highest BCUT2D eigenvalue weighted by Crippen LogP contribution is 2.60. The van der Waals surface area contributed by atoms with Crippen LogP contribution in [0.2, 0.25) is 0 Å². The molecule has 5 fully saturated rings. The van der Waals surface area contributed by atoms with Crippen LogP contribution in [0.5, 0.6) is 0 Å². The molecule has 7 nitrogen and oxygen atoms in total. The Morgan fingerprint density at radius 2 is 1.61 bits per heavy atom. The van der Waals surface area contributed by atoms with E-state index in [4.69, 9.17) is 23.7 Å². The van der Waals surface area contributed by atoms with Crippen LogP contribution in [0.25, 0.3) is 0 Å². The van der Waals surface area contributed by atoms with Gasteiger partial charge in [0.25, 0.3) is 0 Å². The first-order chi connectivity index (χ1) is 15.8. The molecule has 5 aliphatic rings. The molecule has 5 rings (SSSR count). The lowest BCUT2D eigenvalue weighted by molar-refractivity contribution is -0.244. The quantitative estimate of drug-likeness (QED) is 0.193. The first kappa shape index (κ1) is 24.7. The highest BCUT2D eigenvalue weighted by atomic mass is 16.7. The smallest absolute Gasteiger partial charge is 0.334 e. The summed E-state index contributed by atoms with van der Waals surface area (Å²) in [5.41, 5.74) is -0.186. The zero-order valence-electron chi connectivity index (χ0n) is 20.3. The Hall–Kier alpha value is -1.44. The van der Waals surface area contributed by atoms with E-state index in [1.807, 2.05) is 0 Å². The van der Waals surface area contributed by atoms with E-state index in [0.717, 1.165) is 44.9 Å². The molecule has 5 aliphatic carbocycles. The van der Waals surface area contributed by atoms with Gasteiger partial charge in [-0.2, -0.15) is 0 Å². The highest BCUT2D eigenvalue weighted by Gasteiger charge is 2.59. The van der Waals surface area contributed by atoms with Gasteiger partial charge in [-0.05, 0) is 70.6 Å². The summed E-state index contributed by atoms with van der Waals surface area (Å²) in [4.78, 5) is 24.1. The number of hydrogen-bond acceptors (Lipinski definition) is 7. The average Bonchev–Trinajstić information content (AvgIpc) is 2.75. The molecule has 3 atom stereocenters. The summed E-state index contributed by atoms with van der Waals surface area (Å²) in [5, 5.41) is 0. The van der Waals surface area contributed by atoms with Gasteiger partial charge in [0.1, 0.15) is 13.2 Å². The molecule has 0 heterocycles. The maximum atomic E-state index is 12.5. The van der Waals surface area contributed by atoms with Gasteiger partial charge in [-0.25, -0.2) is 9.59 Å². The minimum atomic E-state index is -0.544. The zero-order chi connectivity index (χ0) is 23.5. The number of esters is 2. The lowest BCUT2D eigenvalue weighted by Gasteiger charge is -2.61. The van der Waals surface area contributed by atoms with Crippen LogP contribution in [0.1, 0.15) is 84.5 Å². The summed E-state index contributed by atoms with van der Waals surface area (Å²) >= 11 is 0. The molecule has 0 spiro atoms. The number of carbonyl (C=O) groups is 2. The van der Waals surface area contributed by atoms with Gasteiger partial charge in [0.05, 0.1) is 23.9 Å². The van der Waals surface area contributed by atoms with E-state index in [0.29, 0.717) is 24.0 Å². The molecular weight excluding hydrogens is 424 g/mol. The molecule has 3 unspecified atom stereocenters. The SMILES string of the molecule is C=C(C)C(=O)OCCOC12CC3CC(C1)CC(OCC(=O)OC(C)OC1CCCCC1)(C3)C2. The van der Waals surface area contributed by atoms with Crippen LogP contribution in [0.15, 0.2) is 12.2 Å². The lowest BCUT2D eigenvalue weighted by Crippen LogP contribution is -2.61. The van der Waals surface area contributed by atoms with Gasteiger partial charge in [-0.15, -0.1) is 0 Å². The van der Waals surface area contributed by atoms with E-state index < -0.39 is 6.29 Å². The van der Waals surface area contributed by atoms with Crippen molar-refractivity contribution in [2.75, 3.05) is 19.8 Å². The molecule has 0 saturated heterocycles. The fourth-order valence-corrected chi connectivity index (χ4v) is 6.88. The molecule has 0 aliphatic heterocycles. The summed E-state index contributed by atoms with van der Waals surface area (Å²) < 4.78 is 29.2. The first-order valence-corrected chi connectivity index (χ1v) is 12.7. The Bertz CT molecular complexity index is 712. The topological polar surface area (TPSA) is 80.3 Å². The fraction of sp³-hybridized carbons (Fsp3) is 0.846. The molecule has 33 heavy (non-hydrogen) atoms. The van der Waals surface area contributed by atoms with E-state index >= 15 is 0 Å². The second-order valence-corrected chi connectivity index (χ2v) is 10.8. The molecular formula is C26H40O7.